The Hall–Kier alpha value is -2.27. The fourth-order valence-corrected chi connectivity index (χ4v) is 2.02. The lowest BCUT2D eigenvalue weighted by molar-refractivity contribution is -0.115. The highest BCUT2D eigenvalue weighted by Crippen LogP contribution is 2.17. The molecule has 0 fully saturated rings. The molecule has 1 amide bonds. The van der Waals surface area contributed by atoms with E-state index in [0.29, 0.717) is 11.3 Å². The molecule has 0 aliphatic heterocycles. The number of carbonyl (C=O) groups excluding carboxylic acids is 1. The molecule has 21 heavy (non-hydrogen) atoms. The van der Waals surface area contributed by atoms with Crippen LogP contribution in [0, 0.1) is 12.7 Å². The minimum Gasteiger partial charge on any atom is -0.389 e. The number of benzene rings is 2. The highest BCUT2D eigenvalue weighted by Gasteiger charge is 2.08. The van der Waals surface area contributed by atoms with Crippen LogP contribution in [-0.4, -0.2) is 10.9 Å². The second kappa shape index (κ2) is 6.45. The SMILES string of the molecule is Cc1ccc(C(N)=S)cc1NC(=O)Cc1ccc(F)cc1. The van der Waals surface area contributed by atoms with Crippen molar-refractivity contribution in [2.75, 3.05) is 5.32 Å². The Morgan fingerprint density at radius 1 is 1.24 bits per heavy atom. The van der Waals surface area contributed by atoms with Crippen molar-refractivity contribution in [3.05, 3.63) is 65.0 Å². The molecule has 0 unspecified atom stereocenters. The number of nitrogens with two attached hydrogens (primary N) is 1. The summed E-state index contributed by atoms with van der Waals surface area (Å²) in [5.74, 6) is -0.496. The topological polar surface area (TPSA) is 55.1 Å². The number of halogens is 1. The Bertz CT molecular complexity index is 683. The number of rotatable bonds is 4. The van der Waals surface area contributed by atoms with Crippen LogP contribution in [0.2, 0.25) is 0 Å². The quantitative estimate of drug-likeness (QED) is 0.854. The van der Waals surface area contributed by atoms with E-state index in [0.717, 1.165) is 11.1 Å². The van der Waals surface area contributed by atoms with Gasteiger partial charge in [0.25, 0.3) is 0 Å². The predicted octanol–water partition coefficient (Wildman–Crippen LogP) is 2.95. The van der Waals surface area contributed by atoms with Crippen LogP contribution in [0.15, 0.2) is 42.5 Å². The number of amides is 1. The molecule has 0 spiro atoms. The van der Waals surface area contributed by atoms with Gasteiger partial charge < -0.3 is 11.1 Å². The molecule has 2 rings (SSSR count). The Labute approximate surface area is 128 Å². The maximum atomic E-state index is 12.8. The number of nitrogens with one attached hydrogen (secondary N) is 1. The summed E-state index contributed by atoms with van der Waals surface area (Å²) in [5.41, 5.74) is 8.63. The van der Waals surface area contributed by atoms with Gasteiger partial charge in [0, 0.05) is 11.3 Å². The smallest absolute Gasteiger partial charge is 0.228 e. The molecule has 108 valence electrons. The van der Waals surface area contributed by atoms with Crippen LogP contribution in [0.1, 0.15) is 16.7 Å². The molecule has 0 saturated heterocycles. The van der Waals surface area contributed by atoms with Crippen molar-refractivity contribution in [3.63, 3.8) is 0 Å². The number of carbonyl (C=O) groups is 1. The van der Waals surface area contributed by atoms with Crippen molar-refractivity contribution < 1.29 is 9.18 Å². The molecule has 2 aromatic carbocycles. The van der Waals surface area contributed by atoms with Gasteiger partial charge >= 0.3 is 0 Å². The van der Waals surface area contributed by atoms with Crippen LogP contribution in [0.4, 0.5) is 10.1 Å². The van der Waals surface area contributed by atoms with Gasteiger partial charge in [0.2, 0.25) is 5.91 Å². The molecular weight excluding hydrogens is 287 g/mol. The second-order valence-corrected chi connectivity index (χ2v) is 5.19. The lowest BCUT2D eigenvalue weighted by Crippen LogP contribution is -2.16. The summed E-state index contributed by atoms with van der Waals surface area (Å²) in [4.78, 5) is 12.3. The average molecular weight is 302 g/mol. The zero-order chi connectivity index (χ0) is 15.4. The van der Waals surface area contributed by atoms with Gasteiger partial charge in [0.05, 0.1) is 6.42 Å². The zero-order valence-corrected chi connectivity index (χ0v) is 12.3. The van der Waals surface area contributed by atoms with Gasteiger partial charge in [0.1, 0.15) is 10.8 Å². The minimum atomic E-state index is -0.320. The van der Waals surface area contributed by atoms with Crippen molar-refractivity contribution in [3.8, 4) is 0 Å². The van der Waals surface area contributed by atoms with Crippen LogP contribution in [0.25, 0.3) is 0 Å². The number of anilines is 1. The first-order valence-electron chi connectivity index (χ1n) is 6.40. The molecule has 0 aliphatic carbocycles. The Morgan fingerprint density at radius 2 is 1.90 bits per heavy atom. The van der Waals surface area contributed by atoms with E-state index in [1.807, 2.05) is 19.1 Å². The molecule has 0 aliphatic rings. The normalized spacial score (nSPS) is 10.2. The number of aryl methyl sites for hydroxylation is 1. The van der Waals surface area contributed by atoms with E-state index >= 15 is 0 Å². The molecule has 0 aromatic heterocycles. The van der Waals surface area contributed by atoms with Crippen LogP contribution < -0.4 is 11.1 Å². The van der Waals surface area contributed by atoms with E-state index in [2.05, 4.69) is 5.32 Å². The molecule has 0 saturated carbocycles. The van der Waals surface area contributed by atoms with Gasteiger partial charge in [-0.2, -0.15) is 0 Å². The monoisotopic (exact) mass is 302 g/mol. The van der Waals surface area contributed by atoms with Crippen LogP contribution in [0.5, 0.6) is 0 Å². The predicted molar refractivity (Wildman–Crippen MR) is 85.8 cm³/mol. The fraction of sp³-hybridized carbons (Fsp3) is 0.125. The van der Waals surface area contributed by atoms with Crippen molar-refractivity contribution >= 4 is 28.8 Å². The first-order valence-corrected chi connectivity index (χ1v) is 6.81. The molecule has 5 heteroatoms. The van der Waals surface area contributed by atoms with Gasteiger partial charge in [-0.05, 0) is 36.2 Å². The van der Waals surface area contributed by atoms with Crippen LogP contribution in [-0.2, 0) is 11.2 Å². The summed E-state index contributed by atoms with van der Waals surface area (Å²) in [5, 5.41) is 2.82. The molecular formula is C16H15FN2OS. The van der Waals surface area contributed by atoms with Crippen molar-refractivity contribution in [2.45, 2.75) is 13.3 Å². The molecule has 0 bridgehead atoms. The highest BCUT2D eigenvalue weighted by molar-refractivity contribution is 7.80. The summed E-state index contributed by atoms with van der Waals surface area (Å²) in [6.07, 6.45) is 0.178. The average Bonchev–Trinajstić information content (AvgIpc) is 2.43. The molecule has 3 N–H and O–H groups in total. The number of hydrogen-bond donors (Lipinski definition) is 2. The third kappa shape index (κ3) is 4.10. The van der Waals surface area contributed by atoms with Gasteiger partial charge in [0.15, 0.2) is 0 Å². The molecule has 2 aromatic rings. The van der Waals surface area contributed by atoms with E-state index in [4.69, 9.17) is 18.0 Å². The maximum absolute atomic E-state index is 12.8. The van der Waals surface area contributed by atoms with E-state index in [-0.39, 0.29) is 23.1 Å². The second-order valence-electron chi connectivity index (χ2n) is 4.75. The van der Waals surface area contributed by atoms with Crippen molar-refractivity contribution in [1.82, 2.24) is 0 Å². The molecule has 3 nitrogen and oxygen atoms in total. The lowest BCUT2D eigenvalue weighted by Gasteiger charge is -2.10. The Morgan fingerprint density at radius 3 is 2.52 bits per heavy atom. The minimum absolute atomic E-state index is 0.176. The van der Waals surface area contributed by atoms with Crippen LogP contribution in [0.3, 0.4) is 0 Å². The van der Waals surface area contributed by atoms with Gasteiger partial charge in [-0.25, -0.2) is 4.39 Å². The van der Waals surface area contributed by atoms with E-state index in [9.17, 15) is 9.18 Å². The number of hydrogen-bond acceptors (Lipinski definition) is 2. The van der Waals surface area contributed by atoms with Crippen molar-refractivity contribution in [1.29, 1.82) is 0 Å². The van der Waals surface area contributed by atoms with E-state index in [1.165, 1.54) is 12.1 Å². The first-order chi connectivity index (χ1) is 9.95. The van der Waals surface area contributed by atoms with E-state index in [1.54, 1.807) is 18.2 Å². The van der Waals surface area contributed by atoms with Crippen LogP contribution >= 0.6 is 12.2 Å². The first kappa shape index (κ1) is 15.1. The summed E-state index contributed by atoms with van der Waals surface area (Å²) in [7, 11) is 0. The highest BCUT2D eigenvalue weighted by atomic mass is 32.1. The molecule has 0 radical (unpaired) electrons. The number of thiocarbonyl (C=S) groups is 1. The fourth-order valence-electron chi connectivity index (χ4n) is 1.89. The summed E-state index contributed by atoms with van der Waals surface area (Å²) in [6.45, 7) is 1.89. The van der Waals surface area contributed by atoms with Gasteiger partial charge in [-0.3, -0.25) is 4.79 Å². The Balaban J connectivity index is 2.10. The molecule has 0 atom stereocenters. The maximum Gasteiger partial charge on any atom is 0.228 e. The van der Waals surface area contributed by atoms with E-state index < -0.39 is 0 Å². The zero-order valence-electron chi connectivity index (χ0n) is 11.5. The summed E-state index contributed by atoms with van der Waals surface area (Å²) >= 11 is 4.93. The summed E-state index contributed by atoms with van der Waals surface area (Å²) in [6, 6.07) is 11.3. The third-order valence-corrected chi connectivity index (χ3v) is 3.31. The largest absolute Gasteiger partial charge is 0.389 e. The van der Waals surface area contributed by atoms with Gasteiger partial charge in [-0.1, -0.05) is 36.5 Å². The van der Waals surface area contributed by atoms with Crippen molar-refractivity contribution in [2.24, 2.45) is 5.73 Å². The summed E-state index contributed by atoms with van der Waals surface area (Å²) < 4.78 is 12.8. The standard InChI is InChI=1S/C16H15FN2OS/c1-10-2-5-12(16(18)21)9-14(10)19-15(20)8-11-3-6-13(17)7-4-11/h2-7,9H,8H2,1H3,(H2,18,21)(H,19,20). The Kier molecular flexibility index (Phi) is 4.65. The molecule has 0 heterocycles. The van der Waals surface area contributed by atoms with Gasteiger partial charge in [-0.15, -0.1) is 0 Å². The lowest BCUT2D eigenvalue weighted by atomic mass is 10.1. The third-order valence-electron chi connectivity index (χ3n) is 3.07.